The summed E-state index contributed by atoms with van der Waals surface area (Å²) in [6, 6.07) is 15.6. The first-order valence-corrected chi connectivity index (χ1v) is 6.41. The third-order valence-corrected chi connectivity index (χ3v) is 3.49. The van der Waals surface area contributed by atoms with Crippen LogP contribution in [0.3, 0.4) is 0 Å². The van der Waals surface area contributed by atoms with Crippen LogP contribution in [-0.4, -0.2) is 4.98 Å². The topological polar surface area (TPSA) is 32.9 Å². The Balaban J connectivity index is 2.21. The highest BCUT2D eigenvalue weighted by atomic mass is 35.5. The van der Waals surface area contributed by atoms with Gasteiger partial charge in [-0.2, -0.15) is 0 Å². The number of pyridine rings is 1. The Morgan fingerprint density at radius 3 is 2.37 bits per heavy atom. The highest BCUT2D eigenvalue weighted by Gasteiger charge is 2.04. The van der Waals surface area contributed by atoms with Gasteiger partial charge in [-0.3, -0.25) is 4.79 Å². The van der Waals surface area contributed by atoms with Gasteiger partial charge >= 0.3 is 0 Å². The van der Waals surface area contributed by atoms with Gasteiger partial charge in [0, 0.05) is 11.5 Å². The van der Waals surface area contributed by atoms with Crippen LogP contribution in [0.2, 0.25) is 5.02 Å². The molecule has 3 rings (SSSR count). The molecule has 0 aliphatic rings. The van der Waals surface area contributed by atoms with Crippen LogP contribution in [0.25, 0.3) is 22.0 Å². The van der Waals surface area contributed by atoms with Gasteiger partial charge in [0.2, 0.25) is 5.56 Å². The first-order chi connectivity index (χ1) is 9.13. The van der Waals surface area contributed by atoms with Gasteiger partial charge < -0.3 is 4.98 Å². The van der Waals surface area contributed by atoms with E-state index < -0.39 is 0 Å². The van der Waals surface area contributed by atoms with Gasteiger partial charge in [-0.25, -0.2) is 0 Å². The molecule has 0 aliphatic heterocycles. The second-order valence-electron chi connectivity index (χ2n) is 4.61. The maximum atomic E-state index is 11.5. The molecule has 0 aliphatic carbocycles. The number of nitrogens with one attached hydrogen (secondary N) is 1. The number of aryl methyl sites for hydroxylation is 1. The Labute approximate surface area is 115 Å². The van der Waals surface area contributed by atoms with Crippen molar-refractivity contribution in [2.75, 3.05) is 0 Å². The zero-order valence-electron chi connectivity index (χ0n) is 10.4. The lowest BCUT2D eigenvalue weighted by atomic mass is 10.0. The summed E-state index contributed by atoms with van der Waals surface area (Å²) in [4.78, 5) is 14.3. The molecule has 0 bridgehead atoms. The smallest absolute Gasteiger partial charge is 0.249 e. The number of fused-ring (bicyclic) bond motifs is 1. The van der Waals surface area contributed by atoms with Crippen molar-refractivity contribution in [3.63, 3.8) is 0 Å². The van der Waals surface area contributed by atoms with E-state index in [1.165, 1.54) is 11.6 Å². The van der Waals surface area contributed by atoms with Crippen LogP contribution >= 0.6 is 11.6 Å². The Morgan fingerprint density at radius 1 is 0.947 bits per heavy atom. The number of hydrogen-bond acceptors (Lipinski definition) is 1. The number of H-pyrrole nitrogens is 1. The van der Waals surface area contributed by atoms with E-state index in [1.807, 2.05) is 18.2 Å². The molecule has 1 heterocycles. The van der Waals surface area contributed by atoms with Gasteiger partial charge in [0.05, 0.1) is 10.5 Å². The predicted molar refractivity (Wildman–Crippen MR) is 79.8 cm³/mol. The quantitative estimate of drug-likeness (QED) is 0.707. The molecule has 94 valence electrons. The fourth-order valence-electron chi connectivity index (χ4n) is 2.14. The molecule has 3 heteroatoms. The molecule has 0 atom stereocenters. The predicted octanol–water partition coefficient (Wildman–Crippen LogP) is 4.16. The summed E-state index contributed by atoms with van der Waals surface area (Å²) in [6.07, 6.45) is 0. The number of rotatable bonds is 1. The average molecular weight is 270 g/mol. The Hall–Kier alpha value is -2.06. The van der Waals surface area contributed by atoms with E-state index in [0.29, 0.717) is 5.02 Å². The molecule has 3 aromatic rings. The van der Waals surface area contributed by atoms with Crippen molar-refractivity contribution < 1.29 is 0 Å². The van der Waals surface area contributed by atoms with Gasteiger partial charge in [0.25, 0.3) is 0 Å². The first-order valence-electron chi connectivity index (χ1n) is 6.03. The van der Waals surface area contributed by atoms with E-state index in [0.717, 1.165) is 22.0 Å². The van der Waals surface area contributed by atoms with Crippen LogP contribution in [0.15, 0.2) is 53.3 Å². The average Bonchev–Trinajstić information content (AvgIpc) is 2.38. The summed E-state index contributed by atoms with van der Waals surface area (Å²) in [5.41, 5.74) is 3.98. The number of aromatic amines is 1. The molecule has 0 spiro atoms. The SMILES string of the molecule is Cc1ccc(-c2ccc3c(Cl)cc(=O)[nH]c3c2)cc1. The molecule has 2 nitrogen and oxygen atoms in total. The lowest BCUT2D eigenvalue weighted by Crippen LogP contribution is -2.03. The first kappa shape index (κ1) is 12.0. The van der Waals surface area contributed by atoms with E-state index in [2.05, 4.69) is 36.2 Å². The summed E-state index contributed by atoms with van der Waals surface area (Å²) < 4.78 is 0. The standard InChI is InChI=1S/C16H12ClNO/c1-10-2-4-11(5-3-10)12-6-7-13-14(17)9-16(19)18-15(13)8-12/h2-9H,1H3,(H,18,19). The summed E-state index contributed by atoms with van der Waals surface area (Å²) in [5.74, 6) is 0. The highest BCUT2D eigenvalue weighted by molar-refractivity contribution is 6.35. The van der Waals surface area contributed by atoms with Crippen LogP contribution in [-0.2, 0) is 0 Å². The van der Waals surface area contributed by atoms with Gasteiger partial charge in [0.1, 0.15) is 0 Å². The van der Waals surface area contributed by atoms with Crippen LogP contribution < -0.4 is 5.56 Å². The molecule has 1 aromatic heterocycles. The molecule has 0 radical (unpaired) electrons. The molecule has 19 heavy (non-hydrogen) atoms. The second-order valence-corrected chi connectivity index (χ2v) is 5.02. The molecular formula is C16H12ClNO. The van der Waals surface area contributed by atoms with Crippen LogP contribution in [0.5, 0.6) is 0 Å². The molecule has 0 saturated carbocycles. The maximum absolute atomic E-state index is 11.5. The van der Waals surface area contributed by atoms with E-state index >= 15 is 0 Å². The van der Waals surface area contributed by atoms with Gasteiger partial charge in [-0.1, -0.05) is 53.6 Å². The number of halogens is 1. The van der Waals surface area contributed by atoms with Crippen LogP contribution in [0.1, 0.15) is 5.56 Å². The van der Waals surface area contributed by atoms with E-state index in [1.54, 1.807) is 0 Å². The van der Waals surface area contributed by atoms with Crippen LogP contribution in [0, 0.1) is 6.92 Å². The van der Waals surface area contributed by atoms with Gasteiger partial charge in [-0.05, 0) is 24.1 Å². The summed E-state index contributed by atoms with van der Waals surface area (Å²) >= 11 is 6.06. The summed E-state index contributed by atoms with van der Waals surface area (Å²) in [5, 5.41) is 1.34. The fraction of sp³-hybridized carbons (Fsp3) is 0.0625. The monoisotopic (exact) mass is 269 g/mol. The minimum Gasteiger partial charge on any atom is -0.322 e. The Bertz CT molecular complexity index is 803. The minimum atomic E-state index is -0.182. The molecule has 0 unspecified atom stereocenters. The lowest BCUT2D eigenvalue weighted by Gasteiger charge is -2.05. The summed E-state index contributed by atoms with van der Waals surface area (Å²) in [7, 11) is 0. The fourth-order valence-corrected chi connectivity index (χ4v) is 2.41. The highest BCUT2D eigenvalue weighted by Crippen LogP contribution is 2.26. The van der Waals surface area contributed by atoms with Crippen molar-refractivity contribution in [3.8, 4) is 11.1 Å². The van der Waals surface area contributed by atoms with E-state index in [4.69, 9.17) is 11.6 Å². The molecule has 2 aromatic carbocycles. The van der Waals surface area contributed by atoms with Crippen molar-refractivity contribution in [2.24, 2.45) is 0 Å². The number of benzene rings is 2. The van der Waals surface area contributed by atoms with Crippen molar-refractivity contribution in [2.45, 2.75) is 6.92 Å². The van der Waals surface area contributed by atoms with Gasteiger partial charge in [-0.15, -0.1) is 0 Å². The second kappa shape index (κ2) is 4.56. The Kier molecular flexibility index (Phi) is 2.88. The van der Waals surface area contributed by atoms with Gasteiger partial charge in [0.15, 0.2) is 0 Å². The zero-order chi connectivity index (χ0) is 13.4. The molecule has 0 fully saturated rings. The molecule has 0 saturated heterocycles. The minimum absolute atomic E-state index is 0.182. The molecule has 1 N–H and O–H groups in total. The normalized spacial score (nSPS) is 10.8. The van der Waals surface area contributed by atoms with Crippen molar-refractivity contribution >= 4 is 22.5 Å². The van der Waals surface area contributed by atoms with Crippen molar-refractivity contribution in [1.29, 1.82) is 0 Å². The Morgan fingerprint density at radius 2 is 1.63 bits per heavy atom. The third kappa shape index (κ3) is 2.27. The van der Waals surface area contributed by atoms with Crippen LogP contribution in [0.4, 0.5) is 0 Å². The van der Waals surface area contributed by atoms with E-state index in [-0.39, 0.29) is 5.56 Å². The number of aromatic nitrogens is 1. The maximum Gasteiger partial charge on any atom is 0.249 e. The largest absolute Gasteiger partial charge is 0.322 e. The number of hydrogen-bond donors (Lipinski definition) is 1. The van der Waals surface area contributed by atoms with Crippen molar-refractivity contribution in [1.82, 2.24) is 4.98 Å². The third-order valence-electron chi connectivity index (χ3n) is 3.18. The molecular weight excluding hydrogens is 258 g/mol. The lowest BCUT2D eigenvalue weighted by molar-refractivity contribution is 1.31. The summed E-state index contributed by atoms with van der Waals surface area (Å²) in [6.45, 7) is 2.06. The zero-order valence-corrected chi connectivity index (χ0v) is 11.2. The molecule has 0 amide bonds. The van der Waals surface area contributed by atoms with Crippen molar-refractivity contribution in [3.05, 3.63) is 69.5 Å². The van der Waals surface area contributed by atoms with E-state index in [9.17, 15) is 4.79 Å².